The van der Waals surface area contributed by atoms with E-state index < -0.39 is 6.09 Å². The molecule has 2 heterocycles. The van der Waals surface area contributed by atoms with Crippen LogP contribution in [0.4, 0.5) is 4.79 Å². The summed E-state index contributed by atoms with van der Waals surface area (Å²) < 4.78 is 0. The van der Waals surface area contributed by atoms with Gasteiger partial charge in [-0.3, -0.25) is 0 Å². The summed E-state index contributed by atoms with van der Waals surface area (Å²) in [6.07, 6.45) is -0.894. The number of carbonyl (C=O) groups is 1. The van der Waals surface area contributed by atoms with Gasteiger partial charge < -0.3 is 15.0 Å². The number of carboxylic acid groups (broad SMARTS) is 1. The van der Waals surface area contributed by atoms with E-state index in [9.17, 15) is 4.79 Å². The summed E-state index contributed by atoms with van der Waals surface area (Å²) in [6.45, 7) is 0.945. The third-order valence-electron chi connectivity index (χ3n) is 3.17. The number of hydrogen-bond donors (Lipinski definition) is 2. The zero-order chi connectivity index (χ0) is 12.7. The average Bonchev–Trinajstić information content (AvgIpc) is 2.68. The number of aromatic amines is 1. The quantitative estimate of drug-likeness (QED) is 0.792. The maximum absolute atomic E-state index is 10.7. The molecule has 1 aliphatic heterocycles. The number of likely N-dealkylation sites (tertiary alicyclic amines) is 1. The van der Waals surface area contributed by atoms with E-state index in [0.29, 0.717) is 18.7 Å². The summed E-state index contributed by atoms with van der Waals surface area (Å²) in [5.41, 5.74) is 2.20. The molecule has 1 saturated heterocycles. The number of nitrogens with zero attached hydrogens (tertiary/aromatic N) is 3. The van der Waals surface area contributed by atoms with Gasteiger partial charge in [0, 0.05) is 13.1 Å². The van der Waals surface area contributed by atoms with Crippen LogP contribution in [0.1, 0.15) is 17.3 Å². The molecule has 0 spiro atoms. The van der Waals surface area contributed by atoms with Gasteiger partial charge in [-0.1, -0.05) is 0 Å². The molecule has 1 aromatic carbocycles. The van der Waals surface area contributed by atoms with Crippen molar-refractivity contribution in [1.29, 1.82) is 5.26 Å². The summed E-state index contributed by atoms with van der Waals surface area (Å²) in [7, 11) is 0. The third-order valence-corrected chi connectivity index (χ3v) is 3.17. The summed E-state index contributed by atoms with van der Waals surface area (Å²) in [4.78, 5) is 19.6. The predicted octanol–water partition coefficient (Wildman–Crippen LogP) is 1.51. The molecule has 1 aromatic heterocycles. The van der Waals surface area contributed by atoms with E-state index in [2.05, 4.69) is 16.0 Å². The lowest BCUT2D eigenvalue weighted by Gasteiger charge is -2.35. The molecule has 6 nitrogen and oxygen atoms in total. The molecule has 0 bridgehead atoms. The van der Waals surface area contributed by atoms with E-state index in [1.165, 1.54) is 4.90 Å². The second-order valence-corrected chi connectivity index (χ2v) is 4.35. The summed E-state index contributed by atoms with van der Waals surface area (Å²) >= 11 is 0. The molecule has 0 radical (unpaired) electrons. The second-order valence-electron chi connectivity index (χ2n) is 4.35. The molecule has 2 aromatic rings. The highest BCUT2D eigenvalue weighted by atomic mass is 16.4. The van der Waals surface area contributed by atoms with Crippen LogP contribution < -0.4 is 0 Å². The highest BCUT2D eigenvalue weighted by Crippen LogP contribution is 2.26. The topological polar surface area (TPSA) is 93.0 Å². The molecular weight excluding hydrogens is 232 g/mol. The standard InChI is InChI=1S/C12H10N4O2/c13-4-7-1-2-9-10(3-7)15-11(14-9)8-5-16(6-8)12(17)18/h1-3,8H,5-6H2,(H,14,15)(H,17,18). The van der Waals surface area contributed by atoms with Gasteiger partial charge in [-0.25, -0.2) is 9.78 Å². The Labute approximate surface area is 102 Å². The van der Waals surface area contributed by atoms with Gasteiger partial charge in [-0.2, -0.15) is 5.26 Å². The first-order valence-corrected chi connectivity index (χ1v) is 5.55. The Hall–Kier alpha value is -2.55. The van der Waals surface area contributed by atoms with Gasteiger partial charge in [0.1, 0.15) is 5.82 Å². The molecule has 0 aliphatic carbocycles. The van der Waals surface area contributed by atoms with Gasteiger partial charge in [0.2, 0.25) is 0 Å². The number of benzene rings is 1. The minimum atomic E-state index is -0.894. The van der Waals surface area contributed by atoms with Crippen LogP contribution in [0.5, 0.6) is 0 Å². The Balaban J connectivity index is 1.87. The molecule has 1 amide bonds. The smallest absolute Gasteiger partial charge is 0.407 e. The number of aromatic nitrogens is 2. The monoisotopic (exact) mass is 242 g/mol. The largest absolute Gasteiger partial charge is 0.465 e. The Morgan fingerprint density at radius 2 is 2.33 bits per heavy atom. The highest BCUT2D eigenvalue weighted by Gasteiger charge is 2.33. The molecule has 6 heteroatoms. The van der Waals surface area contributed by atoms with E-state index in [-0.39, 0.29) is 5.92 Å². The van der Waals surface area contributed by atoms with E-state index in [0.717, 1.165) is 16.9 Å². The molecule has 90 valence electrons. The minimum absolute atomic E-state index is 0.124. The van der Waals surface area contributed by atoms with Crippen LogP contribution in [0.15, 0.2) is 18.2 Å². The lowest BCUT2D eigenvalue weighted by molar-refractivity contribution is 0.104. The third kappa shape index (κ3) is 1.57. The fourth-order valence-corrected chi connectivity index (χ4v) is 2.10. The fraction of sp³-hybridized carbons (Fsp3) is 0.250. The van der Waals surface area contributed by atoms with Crippen molar-refractivity contribution in [1.82, 2.24) is 14.9 Å². The number of nitriles is 1. The zero-order valence-electron chi connectivity index (χ0n) is 9.42. The number of imidazole rings is 1. The Morgan fingerprint density at radius 1 is 1.56 bits per heavy atom. The van der Waals surface area contributed by atoms with Crippen LogP contribution in [0.25, 0.3) is 11.0 Å². The minimum Gasteiger partial charge on any atom is -0.465 e. The van der Waals surface area contributed by atoms with Crippen molar-refractivity contribution in [2.24, 2.45) is 0 Å². The average molecular weight is 242 g/mol. The van der Waals surface area contributed by atoms with Gasteiger partial charge in [-0.05, 0) is 18.2 Å². The fourth-order valence-electron chi connectivity index (χ4n) is 2.10. The molecule has 1 aliphatic rings. The number of rotatable bonds is 1. The number of amides is 1. The molecular formula is C12H10N4O2. The van der Waals surface area contributed by atoms with Crippen LogP contribution >= 0.6 is 0 Å². The van der Waals surface area contributed by atoms with Gasteiger partial charge >= 0.3 is 6.09 Å². The number of hydrogen-bond acceptors (Lipinski definition) is 3. The molecule has 1 fully saturated rings. The maximum atomic E-state index is 10.7. The van der Waals surface area contributed by atoms with Crippen molar-refractivity contribution >= 4 is 17.1 Å². The van der Waals surface area contributed by atoms with E-state index >= 15 is 0 Å². The van der Waals surface area contributed by atoms with Crippen molar-refractivity contribution in [3.05, 3.63) is 29.6 Å². The SMILES string of the molecule is N#Cc1ccc2nc(C3CN(C(=O)O)C3)[nH]c2c1. The highest BCUT2D eigenvalue weighted by molar-refractivity contribution is 5.77. The van der Waals surface area contributed by atoms with Crippen molar-refractivity contribution in [3.63, 3.8) is 0 Å². The van der Waals surface area contributed by atoms with Gasteiger partial charge in [0.05, 0.1) is 28.6 Å². The van der Waals surface area contributed by atoms with Crippen molar-refractivity contribution in [2.45, 2.75) is 5.92 Å². The zero-order valence-corrected chi connectivity index (χ0v) is 9.42. The van der Waals surface area contributed by atoms with Gasteiger partial charge in [0.25, 0.3) is 0 Å². The number of fused-ring (bicyclic) bond motifs is 1. The Kier molecular flexibility index (Phi) is 2.20. The number of nitrogens with one attached hydrogen (secondary N) is 1. The van der Waals surface area contributed by atoms with Gasteiger partial charge in [-0.15, -0.1) is 0 Å². The molecule has 0 saturated carbocycles. The van der Waals surface area contributed by atoms with E-state index in [1.807, 2.05) is 0 Å². The first-order chi connectivity index (χ1) is 8.67. The lowest BCUT2D eigenvalue weighted by Crippen LogP contribution is -2.48. The second kappa shape index (κ2) is 3.74. The predicted molar refractivity (Wildman–Crippen MR) is 63.1 cm³/mol. The van der Waals surface area contributed by atoms with E-state index in [1.54, 1.807) is 18.2 Å². The molecule has 18 heavy (non-hydrogen) atoms. The first-order valence-electron chi connectivity index (χ1n) is 5.55. The summed E-state index contributed by atoms with van der Waals surface area (Å²) in [5, 5.41) is 17.6. The summed E-state index contributed by atoms with van der Waals surface area (Å²) in [6, 6.07) is 7.34. The molecule has 2 N–H and O–H groups in total. The molecule has 3 rings (SSSR count). The van der Waals surface area contributed by atoms with E-state index in [4.69, 9.17) is 10.4 Å². The first kappa shape index (κ1) is 10.6. The van der Waals surface area contributed by atoms with Crippen LogP contribution in [0.2, 0.25) is 0 Å². The molecule has 0 unspecified atom stereocenters. The van der Waals surface area contributed by atoms with Crippen LogP contribution in [-0.2, 0) is 0 Å². The lowest BCUT2D eigenvalue weighted by atomic mass is 10.0. The van der Waals surface area contributed by atoms with Crippen molar-refractivity contribution < 1.29 is 9.90 Å². The maximum Gasteiger partial charge on any atom is 0.407 e. The molecule has 0 atom stereocenters. The van der Waals surface area contributed by atoms with Crippen molar-refractivity contribution in [2.75, 3.05) is 13.1 Å². The normalized spacial score (nSPS) is 15.4. The van der Waals surface area contributed by atoms with Crippen LogP contribution in [-0.4, -0.2) is 39.2 Å². The van der Waals surface area contributed by atoms with Gasteiger partial charge in [0.15, 0.2) is 0 Å². The number of H-pyrrole nitrogens is 1. The van der Waals surface area contributed by atoms with Crippen molar-refractivity contribution in [3.8, 4) is 6.07 Å². The Morgan fingerprint density at radius 3 is 3.00 bits per heavy atom. The van der Waals surface area contributed by atoms with Crippen LogP contribution in [0, 0.1) is 11.3 Å². The van der Waals surface area contributed by atoms with Crippen LogP contribution in [0.3, 0.4) is 0 Å². The Bertz CT molecular complexity index is 664. The summed E-state index contributed by atoms with van der Waals surface area (Å²) in [5.74, 6) is 0.914.